The fourth-order valence-corrected chi connectivity index (χ4v) is 2.85. The molecule has 2 heterocycles. The Morgan fingerprint density at radius 3 is 2.50 bits per heavy atom. The van der Waals surface area contributed by atoms with Crippen molar-refractivity contribution in [3.05, 3.63) is 22.8 Å². The maximum atomic E-state index is 11.2. The number of aromatic nitrogens is 1. The van der Waals surface area contributed by atoms with E-state index in [2.05, 4.69) is 9.88 Å². The minimum atomic E-state index is -0.944. The van der Waals surface area contributed by atoms with Crippen LogP contribution in [0.2, 0.25) is 5.15 Å². The molecule has 1 aromatic rings. The second-order valence-corrected chi connectivity index (χ2v) is 5.68. The molecule has 0 aromatic carbocycles. The molecule has 1 aliphatic carbocycles. The van der Waals surface area contributed by atoms with E-state index in [0.717, 1.165) is 25.9 Å². The lowest BCUT2D eigenvalue weighted by Crippen LogP contribution is -2.36. The molecule has 0 unspecified atom stereocenters. The molecule has 4 nitrogen and oxygen atoms in total. The van der Waals surface area contributed by atoms with Gasteiger partial charge in [-0.1, -0.05) is 11.6 Å². The monoisotopic (exact) mass is 266 g/mol. The lowest BCUT2D eigenvalue weighted by atomic mass is 9.93. The number of carbonyl (C=O) groups is 1. The number of nitrogens with zero attached hydrogens (tertiary/aromatic N) is 2. The van der Waals surface area contributed by atoms with Crippen molar-refractivity contribution in [3.63, 3.8) is 0 Å². The average Bonchev–Trinajstić information content (AvgIpc) is 3.09. The van der Waals surface area contributed by atoms with E-state index in [-0.39, 0.29) is 5.56 Å². The van der Waals surface area contributed by atoms with E-state index in [1.807, 2.05) is 0 Å². The first kappa shape index (κ1) is 11.8. The molecule has 1 spiro atoms. The van der Waals surface area contributed by atoms with Crippen molar-refractivity contribution >= 4 is 23.4 Å². The van der Waals surface area contributed by atoms with Gasteiger partial charge in [-0.2, -0.15) is 0 Å². The topological polar surface area (TPSA) is 53.4 Å². The Kier molecular flexibility index (Phi) is 2.70. The van der Waals surface area contributed by atoms with Crippen molar-refractivity contribution in [2.45, 2.75) is 25.7 Å². The first-order chi connectivity index (χ1) is 8.60. The number of rotatable bonds is 2. The second-order valence-electron chi connectivity index (χ2n) is 5.30. The molecule has 1 N–H and O–H groups in total. The largest absolute Gasteiger partial charge is 0.478 e. The highest BCUT2D eigenvalue weighted by Gasteiger charge is 2.44. The van der Waals surface area contributed by atoms with Crippen molar-refractivity contribution in [1.29, 1.82) is 0 Å². The third-order valence-corrected chi connectivity index (χ3v) is 4.36. The fraction of sp³-hybridized carbons (Fsp3) is 0.538. The summed E-state index contributed by atoms with van der Waals surface area (Å²) >= 11 is 5.88. The molecule has 1 saturated carbocycles. The summed E-state index contributed by atoms with van der Waals surface area (Å²) in [7, 11) is 0. The molecule has 18 heavy (non-hydrogen) atoms. The van der Waals surface area contributed by atoms with E-state index in [1.54, 1.807) is 0 Å². The molecular formula is C13H15ClN2O2. The van der Waals surface area contributed by atoms with Gasteiger partial charge in [-0.25, -0.2) is 9.78 Å². The summed E-state index contributed by atoms with van der Waals surface area (Å²) in [5.74, 6) is -0.425. The predicted octanol–water partition coefficient (Wildman–Crippen LogP) is 2.81. The molecule has 0 bridgehead atoms. The first-order valence-electron chi connectivity index (χ1n) is 6.24. The quantitative estimate of drug-likeness (QED) is 0.837. The first-order valence-corrected chi connectivity index (χ1v) is 6.62. The summed E-state index contributed by atoms with van der Waals surface area (Å²) in [5, 5.41) is 9.54. The zero-order valence-corrected chi connectivity index (χ0v) is 10.8. The van der Waals surface area contributed by atoms with E-state index < -0.39 is 5.97 Å². The standard InChI is InChI=1S/C13H15ClN2O2/c14-10-2-1-9(12(17)18)11(15-10)16-7-5-13(3-4-13)6-8-16/h1-2H,3-8H2,(H,17,18). The van der Waals surface area contributed by atoms with Crippen molar-refractivity contribution in [1.82, 2.24) is 4.98 Å². The van der Waals surface area contributed by atoms with Crippen molar-refractivity contribution in [3.8, 4) is 0 Å². The van der Waals surface area contributed by atoms with Crippen molar-refractivity contribution in [2.24, 2.45) is 5.41 Å². The molecule has 1 aliphatic heterocycles. The van der Waals surface area contributed by atoms with Crippen LogP contribution in [-0.4, -0.2) is 29.1 Å². The Morgan fingerprint density at radius 2 is 1.94 bits per heavy atom. The highest BCUT2D eigenvalue weighted by molar-refractivity contribution is 6.29. The van der Waals surface area contributed by atoms with Gasteiger partial charge in [-0.15, -0.1) is 0 Å². The number of hydrogen-bond acceptors (Lipinski definition) is 3. The summed E-state index contributed by atoms with van der Waals surface area (Å²) < 4.78 is 0. The lowest BCUT2D eigenvalue weighted by molar-refractivity contribution is 0.0697. The van der Waals surface area contributed by atoms with E-state index in [1.165, 1.54) is 25.0 Å². The number of piperidine rings is 1. The number of carboxylic acid groups (broad SMARTS) is 1. The fourth-order valence-electron chi connectivity index (χ4n) is 2.70. The van der Waals surface area contributed by atoms with Crippen LogP contribution >= 0.6 is 11.6 Å². The van der Waals surface area contributed by atoms with Gasteiger partial charge < -0.3 is 10.0 Å². The molecule has 96 valence electrons. The van der Waals surface area contributed by atoms with Crippen LogP contribution in [0.25, 0.3) is 0 Å². The molecule has 5 heteroatoms. The van der Waals surface area contributed by atoms with E-state index >= 15 is 0 Å². The molecule has 2 fully saturated rings. The number of pyridine rings is 1. The minimum absolute atomic E-state index is 0.242. The Balaban J connectivity index is 1.86. The summed E-state index contributed by atoms with van der Waals surface area (Å²) in [4.78, 5) is 17.5. The highest BCUT2D eigenvalue weighted by atomic mass is 35.5. The number of anilines is 1. The van der Waals surface area contributed by atoms with Crippen molar-refractivity contribution < 1.29 is 9.90 Å². The Bertz CT molecular complexity index is 490. The van der Waals surface area contributed by atoms with Gasteiger partial charge in [0.05, 0.1) is 0 Å². The lowest BCUT2D eigenvalue weighted by Gasteiger charge is -2.33. The average molecular weight is 267 g/mol. The Morgan fingerprint density at radius 1 is 1.28 bits per heavy atom. The second kappa shape index (κ2) is 4.12. The number of hydrogen-bond donors (Lipinski definition) is 1. The van der Waals surface area contributed by atoms with Crippen LogP contribution in [0.4, 0.5) is 5.82 Å². The van der Waals surface area contributed by atoms with E-state index in [0.29, 0.717) is 16.4 Å². The van der Waals surface area contributed by atoms with Gasteiger partial charge in [0, 0.05) is 13.1 Å². The molecule has 1 aromatic heterocycles. The molecule has 0 atom stereocenters. The zero-order valence-electron chi connectivity index (χ0n) is 10.0. The maximum absolute atomic E-state index is 11.2. The number of halogens is 1. The maximum Gasteiger partial charge on any atom is 0.339 e. The van der Waals surface area contributed by atoms with Gasteiger partial charge in [-0.05, 0) is 43.2 Å². The molecular weight excluding hydrogens is 252 g/mol. The van der Waals surface area contributed by atoms with Gasteiger partial charge >= 0.3 is 5.97 Å². The molecule has 0 radical (unpaired) electrons. The van der Waals surface area contributed by atoms with Gasteiger partial charge in [0.25, 0.3) is 0 Å². The third-order valence-electron chi connectivity index (χ3n) is 4.15. The molecule has 2 aliphatic rings. The van der Waals surface area contributed by atoms with Crippen molar-refractivity contribution in [2.75, 3.05) is 18.0 Å². The normalized spacial score (nSPS) is 21.1. The minimum Gasteiger partial charge on any atom is -0.478 e. The van der Waals surface area contributed by atoms with Crippen LogP contribution < -0.4 is 4.90 Å². The molecule has 3 rings (SSSR count). The zero-order chi connectivity index (χ0) is 12.8. The number of aromatic carboxylic acids is 1. The van der Waals surface area contributed by atoms with Crippen LogP contribution in [0.3, 0.4) is 0 Å². The summed E-state index contributed by atoms with van der Waals surface area (Å²) in [6, 6.07) is 3.06. The third kappa shape index (κ3) is 2.05. The molecule has 1 saturated heterocycles. The van der Waals surface area contributed by atoms with Crippen LogP contribution in [-0.2, 0) is 0 Å². The van der Waals surface area contributed by atoms with Gasteiger partial charge in [0.2, 0.25) is 0 Å². The summed E-state index contributed by atoms with van der Waals surface area (Å²) in [6.45, 7) is 1.77. The summed E-state index contributed by atoms with van der Waals surface area (Å²) in [5.41, 5.74) is 0.810. The van der Waals surface area contributed by atoms with Gasteiger partial charge in [0.15, 0.2) is 0 Å². The molecule has 0 amide bonds. The van der Waals surface area contributed by atoms with Gasteiger partial charge in [0.1, 0.15) is 16.5 Å². The Hall–Kier alpha value is -1.29. The number of carboxylic acids is 1. The summed E-state index contributed by atoms with van der Waals surface area (Å²) in [6.07, 6.45) is 4.94. The van der Waals surface area contributed by atoms with Crippen LogP contribution in [0.5, 0.6) is 0 Å². The smallest absolute Gasteiger partial charge is 0.339 e. The SMILES string of the molecule is O=C(O)c1ccc(Cl)nc1N1CCC2(CC1)CC2. The Labute approximate surface area is 111 Å². The van der Waals surface area contributed by atoms with E-state index in [4.69, 9.17) is 11.6 Å². The predicted molar refractivity (Wildman–Crippen MR) is 69.3 cm³/mol. The van der Waals surface area contributed by atoms with Crippen LogP contribution in [0.1, 0.15) is 36.0 Å². The highest BCUT2D eigenvalue weighted by Crippen LogP contribution is 2.53. The van der Waals surface area contributed by atoms with Crippen LogP contribution in [0.15, 0.2) is 12.1 Å². The van der Waals surface area contributed by atoms with E-state index in [9.17, 15) is 9.90 Å². The van der Waals surface area contributed by atoms with Crippen LogP contribution in [0, 0.1) is 5.41 Å². The van der Waals surface area contributed by atoms with Gasteiger partial charge in [-0.3, -0.25) is 0 Å².